The Balaban J connectivity index is 1.78. The summed E-state index contributed by atoms with van der Waals surface area (Å²) in [5.41, 5.74) is 0.876. The molecule has 6 nitrogen and oxygen atoms in total. The lowest BCUT2D eigenvalue weighted by Gasteiger charge is -2.05. The van der Waals surface area contributed by atoms with E-state index < -0.39 is 5.97 Å². The summed E-state index contributed by atoms with van der Waals surface area (Å²) in [4.78, 5) is 30.4. The summed E-state index contributed by atoms with van der Waals surface area (Å²) >= 11 is 6.75. The van der Waals surface area contributed by atoms with E-state index in [-0.39, 0.29) is 27.5 Å². The fourth-order valence-corrected chi connectivity index (χ4v) is 2.56. The van der Waals surface area contributed by atoms with Crippen molar-refractivity contribution >= 4 is 35.2 Å². The number of aromatic carboxylic acids is 1. The molecule has 0 unspecified atom stereocenters. The van der Waals surface area contributed by atoms with Gasteiger partial charge in [-0.25, -0.2) is 14.8 Å². The number of hydrogen-bond donors (Lipinski definition) is 2. The first-order valence-electron chi connectivity index (χ1n) is 6.75. The Kier molecular flexibility index (Phi) is 6.37. The number of carbonyl (C=O) groups excluding carboxylic acids is 1. The molecule has 2 aromatic rings. The van der Waals surface area contributed by atoms with Gasteiger partial charge in [-0.15, -0.1) is 0 Å². The third kappa shape index (κ3) is 5.54. The molecule has 2 rings (SSSR count). The van der Waals surface area contributed by atoms with Crippen LogP contribution in [0.25, 0.3) is 0 Å². The summed E-state index contributed by atoms with van der Waals surface area (Å²) in [5.74, 6) is -1.29. The number of carboxylic acid groups (broad SMARTS) is 1. The molecular formula is C15H14ClN3O3S. The van der Waals surface area contributed by atoms with Crippen molar-refractivity contribution in [1.82, 2.24) is 15.3 Å². The molecule has 0 saturated carbocycles. The van der Waals surface area contributed by atoms with Gasteiger partial charge in [0.25, 0.3) is 0 Å². The zero-order valence-electron chi connectivity index (χ0n) is 12.0. The molecule has 0 spiro atoms. The van der Waals surface area contributed by atoms with Crippen LogP contribution in [0.1, 0.15) is 16.1 Å². The second-order valence-electron chi connectivity index (χ2n) is 4.53. The minimum Gasteiger partial charge on any atom is -0.476 e. The molecule has 23 heavy (non-hydrogen) atoms. The SMILES string of the molecule is O=C(CSc1ncc(Cl)c(C(=O)O)n1)NCCc1ccccc1. The van der Waals surface area contributed by atoms with E-state index in [0.717, 1.165) is 23.7 Å². The second kappa shape index (κ2) is 8.50. The van der Waals surface area contributed by atoms with Gasteiger partial charge in [-0.1, -0.05) is 53.7 Å². The van der Waals surface area contributed by atoms with E-state index in [4.69, 9.17) is 16.7 Å². The minimum absolute atomic E-state index is 0.0332. The van der Waals surface area contributed by atoms with Crippen molar-refractivity contribution in [3.05, 3.63) is 52.8 Å². The van der Waals surface area contributed by atoms with Gasteiger partial charge in [0.05, 0.1) is 17.0 Å². The molecule has 0 atom stereocenters. The van der Waals surface area contributed by atoms with Gasteiger partial charge >= 0.3 is 5.97 Å². The van der Waals surface area contributed by atoms with Gasteiger partial charge in [0.1, 0.15) is 0 Å². The number of carbonyl (C=O) groups is 2. The molecule has 1 aromatic carbocycles. The summed E-state index contributed by atoms with van der Waals surface area (Å²) < 4.78 is 0. The van der Waals surface area contributed by atoms with Gasteiger partial charge < -0.3 is 10.4 Å². The molecule has 0 saturated heterocycles. The molecule has 0 aliphatic rings. The van der Waals surface area contributed by atoms with Crippen LogP contribution in [-0.4, -0.2) is 39.2 Å². The molecule has 0 radical (unpaired) electrons. The van der Waals surface area contributed by atoms with Crippen LogP contribution < -0.4 is 5.32 Å². The van der Waals surface area contributed by atoms with Crippen molar-refractivity contribution in [3.8, 4) is 0 Å². The van der Waals surface area contributed by atoms with E-state index in [0.29, 0.717) is 6.54 Å². The van der Waals surface area contributed by atoms with Crippen molar-refractivity contribution < 1.29 is 14.7 Å². The van der Waals surface area contributed by atoms with Crippen LogP contribution in [0.5, 0.6) is 0 Å². The monoisotopic (exact) mass is 351 g/mol. The summed E-state index contributed by atoms with van der Waals surface area (Å²) in [7, 11) is 0. The van der Waals surface area contributed by atoms with Crippen LogP contribution in [0.3, 0.4) is 0 Å². The van der Waals surface area contributed by atoms with Gasteiger partial charge in [-0.2, -0.15) is 0 Å². The smallest absolute Gasteiger partial charge is 0.356 e. The lowest BCUT2D eigenvalue weighted by atomic mass is 10.1. The lowest BCUT2D eigenvalue weighted by Crippen LogP contribution is -2.27. The van der Waals surface area contributed by atoms with Crippen molar-refractivity contribution in [3.63, 3.8) is 0 Å². The summed E-state index contributed by atoms with van der Waals surface area (Å²) in [6.07, 6.45) is 1.96. The number of thioether (sulfide) groups is 1. The average Bonchev–Trinajstić information content (AvgIpc) is 2.55. The standard InChI is InChI=1S/C15H14ClN3O3S/c16-11-8-18-15(19-13(11)14(21)22)23-9-12(20)17-7-6-10-4-2-1-3-5-10/h1-5,8H,6-7,9H2,(H,17,20)(H,21,22). The van der Waals surface area contributed by atoms with Crippen LogP contribution in [0.4, 0.5) is 0 Å². The molecule has 2 N–H and O–H groups in total. The van der Waals surface area contributed by atoms with Gasteiger partial charge in [-0.3, -0.25) is 4.79 Å². The zero-order chi connectivity index (χ0) is 16.7. The number of aromatic nitrogens is 2. The van der Waals surface area contributed by atoms with Gasteiger partial charge in [0, 0.05) is 6.54 Å². The first-order valence-corrected chi connectivity index (χ1v) is 8.12. The number of amides is 1. The topological polar surface area (TPSA) is 92.2 Å². The van der Waals surface area contributed by atoms with E-state index in [1.165, 1.54) is 6.20 Å². The summed E-state index contributed by atoms with van der Waals surface area (Å²) in [6.45, 7) is 0.533. The average molecular weight is 352 g/mol. The molecular weight excluding hydrogens is 338 g/mol. The number of halogens is 1. The lowest BCUT2D eigenvalue weighted by molar-refractivity contribution is -0.118. The molecule has 0 fully saturated rings. The maximum Gasteiger partial charge on any atom is 0.356 e. The van der Waals surface area contributed by atoms with Gasteiger partial charge in [0.2, 0.25) is 5.91 Å². The Labute approximate surface area is 142 Å². The molecule has 1 amide bonds. The summed E-state index contributed by atoms with van der Waals surface area (Å²) in [6, 6.07) is 9.83. The maximum absolute atomic E-state index is 11.8. The number of carboxylic acids is 1. The van der Waals surface area contributed by atoms with Crippen LogP contribution in [0.2, 0.25) is 5.02 Å². The van der Waals surface area contributed by atoms with Crippen molar-refractivity contribution in [1.29, 1.82) is 0 Å². The molecule has 0 aliphatic carbocycles. The number of nitrogens with zero attached hydrogens (tertiary/aromatic N) is 2. The van der Waals surface area contributed by atoms with Crippen LogP contribution in [0, 0.1) is 0 Å². The van der Waals surface area contributed by atoms with Crippen LogP contribution in [0.15, 0.2) is 41.7 Å². The van der Waals surface area contributed by atoms with Crippen molar-refractivity contribution in [2.45, 2.75) is 11.6 Å². The first kappa shape index (κ1) is 17.2. The van der Waals surface area contributed by atoms with Crippen molar-refractivity contribution in [2.75, 3.05) is 12.3 Å². The predicted molar refractivity (Wildman–Crippen MR) is 87.9 cm³/mol. The van der Waals surface area contributed by atoms with Crippen molar-refractivity contribution in [2.24, 2.45) is 0 Å². The van der Waals surface area contributed by atoms with Crippen LogP contribution in [-0.2, 0) is 11.2 Å². The predicted octanol–water partition coefficient (Wildman–Crippen LogP) is 2.28. The highest BCUT2D eigenvalue weighted by atomic mass is 35.5. The Morgan fingerprint density at radius 1 is 1.26 bits per heavy atom. The van der Waals surface area contributed by atoms with E-state index in [9.17, 15) is 9.59 Å². The van der Waals surface area contributed by atoms with E-state index >= 15 is 0 Å². The van der Waals surface area contributed by atoms with Gasteiger partial charge in [-0.05, 0) is 12.0 Å². The van der Waals surface area contributed by atoms with E-state index in [1.54, 1.807) is 0 Å². The third-order valence-electron chi connectivity index (χ3n) is 2.84. The molecule has 8 heteroatoms. The molecule has 1 heterocycles. The molecule has 1 aromatic heterocycles. The quantitative estimate of drug-likeness (QED) is 0.587. The highest BCUT2D eigenvalue weighted by molar-refractivity contribution is 7.99. The molecule has 120 valence electrons. The Morgan fingerprint density at radius 2 is 2.00 bits per heavy atom. The van der Waals surface area contributed by atoms with E-state index in [1.807, 2.05) is 30.3 Å². The number of nitrogens with one attached hydrogen (secondary N) is 1. The fraction of sp³-hybridized carbons (Fsp3) is 0.200. The molecule has 0 aliphatic heterocycles. The fourth-order valence-electron chi connectivity index (χ4n) is 1.74. The highest BCUT2D eigenvalue weighted by Gasteiger charge is 2.13. The Morgan fingerprint density at radius 3 is 2.70 bits per heavy atom. The largest absolute Gasteiger partial charge is 0.476 e. The van der Waals surface area contributed by atoms with Gasteiger partial charge in [0.15, 0.2) is 10.9 Å². The van der Waals surface area contributed by atoms with Crippen LogP contribution >= 0.6 is 23.4 Å². The highest BCUT2D eigenvalue weighted by Crippen LogP contribution is 2.18. The first-order chi connectivity index (χ1) is 11.1. The van der Waals surface area contributed by atoms with E-state index in [2.05, 4.69) is 15.3 Å². The summed E-state index contributed by atoms with van der Waals surface area (Å²) in [5, 5.41) is 11.9. The minimum atomic E-state index is -1.23. The number of rotatable bonds is 7. The normalized spacial score (nSPS) is 10.3. The maximum atomic E-state index is 11.8. The third-order valence-corrected chi connectivity index (χ3v) is 3.97. The number of hydrogen-bond acceptors (Lipinski definition) is 5. The Bertz CT molecular complexity index is 698. The Hall–Kier alpha value is -2.12. The zero-order valence-corrected chi connectivity index (χ0v) is 13.6. The number of benzene rings is 1. The molecule has 0 bridgehead atoms. The second-order valence-corrected chi connectivity index (χ2v) is 5.88.